The van der Waals surface area contributed by atoms with Crippen LogP contribution in [0, 0.1) is 12.7 Å². The van der Waals surface area contributed by atoms with Crippen molar-refractivity contribution in [2.75, 3.05) is 17.7 Å². The van der Waals surface area contributed by atoms with Crippen molar-refractivity contribution in [3.8, 4) is 5.75 Å². The summed E-state index contributed by atoms with van der Waals surface area (Å²) in [7, 11) is 1.53. The minimum absolute atomic E-state index is 0.0890. The largest absolute Gasteiger partial charge is 0.495 e. The van der Waals surface area contributed by atoms with Crippen LogP contribution in [0.5, 0.6) is 5.75 Å². The molecule has 0 bridgehead atoms. The van der Waals surface area contributed by atoms with E-state index in [1.165, 1.54) is 31.6 Å². The zero-order valence-electron chi connectivity index (χ0n) is 14.6. The summed E-state index contributed by atoms with van der Waals surface area (Å²) in [5.74, 6) is -0.213. The molecule has 0 radical (unpaired) electrons. The van der Waals surface area contributed by atoms with E-state index in [4.69, 9.17) is 16.3 Å². The van der Waals surface area contributed by atoms with Gasteiger partial charge in [-0.25, -0.2) is 14.4 Å². The van der Waals surface area contributed by atoms with Crippen LogP contribution >= 0.6 is 11.6 Å². The van der Waals surface area contributed by atoms with Crippen LogP contribution in [0.2, 0.25) is 5.02 Å². The first-order valence-corrected chi connectivity index (χ1v) is 8.35. The number of methoxy groups -OCH3 is 1. The van der Waals surface area contributed by atoms with Crippen molar-refractivity contribution in [3.63, 3.8) is 0 Å². The molecule has 1 heterocycles. The Labute approximate surface area is 160 Å². The lowest BCUT2D eigenvalue weighted by atomic mass is 10.2. The van der Waals surface area contributed by atoms with Gasteiger partial charge >= 0.3 is 0 Å². The van der Waals surface area contributed by atoms with Crippen LogP contribution < -0.4 is 15.4 Å². The summed E-state index contributed by atoms with van der Waals surface area (Å²) in [4.78, 5) is 20.4. The van der Waals surface area contributed by atoms with Crippen molar-refractivity contribution >= 4 is 34.8 Å². The Morgan fingerprint density at radius 1 is 1.15 bits per heavy atom. The molecule has 0 atom stereocenters. The summed E-state index contributed by atoms with van der Waals surface area (Å²) < 4.78 is 18.9. The first-order valence-electron chi connectivity index (χ1n) is 7.97. The number of nitrogens with one attached hydrogen (secondary N) is 2. The Morgan fingerprint density at radius 3 is 2.52 bits per heavy atom. The van der Waals surface area contributed by atoms with Crippen LogP contribution in [0.1, 0.15) is 15.9 Å². The molecule has 2 N–H and O–H groups in total. The van der Waals surface area contributed by atoms with Gasteiger partial charge in [-0.1, -0.05) is 23.7 Å². The first-order chi connectivity index (χ1) is 13.0. The number of hydrogen-bond acceptors (Lipinski definition) is 5. The Kier molecular flexibility index (Phi) is 5.52. The second-order valence-corrected chi connectivity index (χ2v) is 6.06. The molecule has 0 aliphatic rings. The smallest absolute Gasteiger partial charge is 0.258 e. The van der Waals surface area contributed by atoms with Gasteiger partial charge in [0.1, 0.15) is 11.6 Å². The summed E-state index contributed by atoms with van der Waals surface area (Å²) in [6.07, 6.45) is 2.70. The average Bonchev–Trinajstić information content (AvgIpc) is 2.67. The Morgan fingerprint density at radius 2 is 1.85 bits per heavy atom. The number of carbonyl (C=O) groups is 1. The van der Waals surface area contributed by atoms with E-state index in [1.807, 2.05) is 13.0 Å². The van der Waals surface area contributed by atoms with Gasteiger partial charge in [-0.15, -0.1) is 0 Å². The van der Waals surface area contributed by atoms with Gasteiger partial charge in [-0.3, -0.25) is 4.79 Å². The Bertz CT molecular complexity index is 980. The summed E-state index contributed by atoms with van der Waals surface area (Å²) in [6, 6.07) is 9.41. The van der Waals surface area contributed by atoms with Gasteiger partial charge in [0.15, 0.2) is 0 Å². The SMILES string of the molecule is COc1cc(Cl)c(C)cc1Nc1ncc(C(=O)Nc2ccccc2F)cn1. The summed E-state index contributed by atoms with van der Waals surface area (Å²) in [5, 5.41) is 6.08. The number of nitrogens with zero attached hydrogens (tertiary/aromatic N) is 2. The number of hydrogen-bond donors (Lipinski definition) is 2. The lowest BCUT2D eigenvalue weighted by molar-refractivity contribution is 0.102. The highest BCUT2D eigenvalue weighted by Gasteiger charge is 2.12. The maximum absolute atomic E-state index is 13.6. The van der Waals surface area contributed by atoms with Crippen LogP contribution in [0.15, 0.2) is 48.8 Å². The van der Waals surface area contributed by atoms with E-state index < -0.39 is 11.7 Å². The van der Waals surface area contributed by atoms with Gasteiger partial charge in [-0.2, -0.15) is 0 Å². The molecule has 0 fully saturated rings. The Hall–Kier alpha value is -3.19. The highest BCUT2D eigenvalue weighted by Crippen LogP contribution is 2.32. The van der Waals surface area contributed by atoms with Crippen LogP contribution in [-0.4, -0.2) is 23.0 Å². The first kappa shape index (κ1) is 18.6. The molecule has 0 saturated carbocycles. The molecule has 3 rings (SSSR count). The summed E-state index contributed by atoms with van der Waals surface area (Å²) in [5.41, 5.74) is 1.79. The van der Waals surface area contributed by atoms with Gasteiger partial charge in [0, 0.05) is 23.5 Å². The number of anilines is 3. The minimum Gasteiger partial charge on any atom is -0.495 e. The second-order valence-electron chi connectivity index (χ2n) is 5.66. The third kappa shape index (κ3) is 4.32. The molecule has 0 aliphatic carbocycles. The van der Waals surface area contributed by atoms with E-state index in [0.717, 1.165) is 5.56 Å². The van der Waals surface area contributed by atoms with Crippen LogP contribution in [0.25, 0.3) is 0 Å². The average molecular weight is 387 g/mol. The molecule has 0 unspecified atom stereocenters. The van der Waals surface area contributed by atoms with Gasteiger partial charge in [0.05, 0.1) is 24.0 Å². The maximum Gasteiger partial charge on any atom is 0.258 e. The van der Waals surface area contributed by atoms with E-state index in [1.54, 1.807) is 18.2 Å². The number of aryl methyl sites for hydroxylation is 1. The van der Waals surface area contributed by atoms with Crippen molar-refractivity contribution in [2.45, 2.75) is 6.92 Å². The molecule has 0 saturated heterocycles. The van der Waals surface area contributed by atoms with E-state index in [2.05, 4.69) is 20.6 Å². The quantitative estimate of drug-likeness (QED) is 0.671. The zero-order chi connectivity index (χ0) is 19.4. The number of halogens is 2. The van der Waals surface area contributed by atoms with Crippen LogP contribution in [-0.2, 0) is 0 Å². The molecular formula is C19H16ClFN4O2. The van der Waals surface area contributed by atoms with E-state index in [0.29, 0.717) is 16.5 Å². The Balaban J connectivity index is 1.75. The fraction of sp³-hybridized carbons (Fsp3) is 0.105. The molecule has 0 aliphatic heterocycles. The highest BCUT2D eigenvalue weighted by molar-refractivity contribution is 6.31. The van der Waals surface area contributed by atoms with Crippen molar-refractivity contribution < 1.29 is 13.9 Å². The predicted octanol–water partition coefficient (Wildman–Crippen LogP) is 4.58. The van der Waals surface area contributed by atoms with Gasteiger partial charge in [0.25, 0.3) is 5.91 Å². The molecule has 138 valence electrons. The topological polar surface area (TPSA) is 76.1 Å². The van der Waals surface area contributed by atoms with Crippen LogP contribution in [0.4, 0.5) is 21.7 Å². The molecule has 1 aromatic heterocycles. The van der Waals surface area contributed by atoms with Crippen LogP contribution in [0.3, 0.4) is 0 Å². The molecule has 1 amide bonds. The molecule has 27 heavy (non-hydrogen) atoms. The summed E-state index contributed by atoms with van der Waals surface area (Å²) in [6.45, 7) is 1.87. The minimum atomic E-state index is -0.518. The molecule has 8 heteroatoms. The fourth-order valence-electron chi connectivity index (χ4n) is 2.32. The van der Waals surface area contributed by atoms with Crippen molar-refractivity contribution in [3.05, 3.63) is 70.8 Å². The standard InChI is InChI=1S/C19H16ClFN4O2/c1-11-7-16(17(27-2)8-13(11)20)25-19-22-9-12(10-23-19)18(26)24-15-6-4-3-5-14(15)21/h3-10H,1-2H3,(H,24,26)(H,22,23,25). The van der Waals surface area contributed by atoms with E-state index in [-0.39, 0.29) is 17.2 Å². The van der Waals surface area contributed by atoms with Gasteiger partial charge < -0.3 is 15.4 Å². The number of ether oxygens (including phenoxy) is 1. The lowest BCUT2D eigenvalue weighted by Crippen LogP contribution is -2.14. The normalized spacial score (nSPS) is 10.4. The highest BCUT2D eigenvalue weighted by atomic mass is 35.5. The third-order valence-electron chi connectivity index (χ3n) is 3.76. The fourth-order valence-corrected chi connectivity index (χ4v) is 2.47. The lowest BCUT2D eigenvalue weighted by Gasteiger charge is -2.12. The predicted molar refractivity (Wildman–Crippen MR) is 102 cm³/mol. The maximum atomic E-state index is 13.6. The third-order valence-corrected chi connectivity index (χ3v) is 4.17. The van der Waals surface area contributed by atoms with E-state index >= 15 is 0 Å². The van der Waals surface area contributed by atoms with Crippen molar-refractivity contribution in [1.29, 1.82) is 0 Å². The molecular weight excluding hydrogens is 371 g/mol. The van der Waals surface area contributed by atoms with E-state index in [9.17, 15) is 9.18 Å². The number of para-hydroxylation sites is 1. The van der Waals surface area contributed by atoms with Gasteiger partial charge in [-0.05, 0) is 30.7 Å². The molecule has 3 aromatic rings. The second kappa shape index (κ2) is 8.01. The van der Waals surface area contributed by atoms with Gasteiger partial charge in [0.2, 0.25) is 5.95 Å². The molecule has 2 aromatic carbocycles. The monoisotopic (exact) mass is 386 g/mol. The zero-order valence-corrected chi connectivity index (χ0v) is 15.3. The molecule has 6 nitrogen and oxygen atoms in total. The van der Waals surface area contributed by atoms with Crippen molar-refractivity contribution in [1.82, 2.24) is 9.97 Å². The number of aromatic nitrogens is 2. The summed E-state index contributed by atoms with van der Waals surface area (Å²) >= 11 is 6.09. The number of carbonyl (C=O) groups excluding carboxylic acids is 1. The number of amides is 1. The number of rotatable bonds is 5. The van der Waals surface area contributed by atoms with Crippen molar-refractivity contribution in [2.24, 2.45) is 0 Å². The number of benzene rings is 2. The molecule has 0 spiro atoms.